The number of aromatic nitrogens is 2. The number of nitrogens with zero attached hydrogens (tertiary/aromatic N) is 3. The van der Waals surface area contributed by atoms with Gasteiger partial charge in [-0.15, -0.1) is 11.3 Å². The van der Waals surface area contributed by atoms with E-state index in [9.17, 15) is 4.79 Å². The van der Waals surface area contributed by atoms with Crippen LogP contribution in [0.15, 0.2) is 30.3 Å². The number of hydrogen-bond donors (Lipinski definition) is 2. The second-order valence-corrected chi connectivity index (χ2v) is 8.89. The normalized spacial score (nSPS) is 17.7. The number of primary amides is 1. The minimum absolute atomic E-state index is 0.422. The number of morpholine rings is 1. The molecule has 0 bridgehead atoms. The summed E-state index contributed by atoms with van der Waals surface area (Å²) in [7, 11) is 0. The fraction of sp³-hybridized carbons (Fsp3) is 0.409. The molecule has 1 aliphatic carbocycles. The molecule has 2 aliphatic rings. The number of ether oxygens (including phenoxy) is 1. The van der Waals surface area contributed by atoms with Crippen LogP contribution in [0.3, 0.4) is 0 Å². The number of thiophene rings is 1. The summed E-state index contributed by atoms with van der Waals surface area (Å²) in [5.74, 6) is 1.06. The molecular formula is C22H25N5O2S. The average Bonchev–Trinajstić information content (AvgIpc) is 3.34. The number of nitrogens with two attached hydrogens (primary N) is 1. The van der Waals surface area contributed by atoms with Gasteiger partial charge in [-0.1, -0.05) is 30.3 Å². The van der Waals surface area contributed by atoms with Gasteiger partial charge in [-0.05, 0) is 30.4 Å². The number of nitrogens with one attached hydrogen (secondary N) is 1. The smallest absolute Gasteiger partial charge is 0.244 e. The maximum atomic E-state index is 12.3. The van der Waals surface area contributed by atoms with Crippen LogP contribution in [0.5, 0.6) is 0 Å². The Labute approximate surface area is 179 Å². The van der Waals surface area contributed by atoms with Gasteiger partial charge in [-0.25, -0.2) is 9.97 Å². The highest BCUT2D eigenvalue weighted by molar-refractivity contribution is 7.19. The Morgan fingerprint density at radius 2 is 2.00 bits per heavy atom. The van der Waals surface area contributed by atoms with Gasteiger partial charge in [-0.2, -0.15) is 0 Å². The molecule has 2 aromatic heterocycles. The van der Waals surface area contributed by atoms with Crippen molar-refractivity contribution >= 4 is 33.3 Å². The first-order valence-electron chi connectivity index (χ1n) is 10.4. The molecule has 3 N–H and O–H groups in total. The SMILES string of the molecule is NC(=O)[C@H](Nc1nc(CN2CCOCC2)nc2sc3c(c12)CCC3)c1ccccc1. The molecule has 1 aromatic carbocycles. The van der Waals surface area contributed by atoms with Crippen molar-refractivity contribution < 1.29 is 9.53 Å². The van der Waals surface area contributed by atoms with Crippen molar-refractivity contribution in [3.8, 4) is 0 Å². The van der Waals surface area contributed by atoms with Gasteiger partial charge in [0.25, 0.3) is 0 Å². The van der Waals surface area contributed by atoms with Crippen LogP contribution in [0.2, 0.25) is 0 Å². The lowest BCUT2D eigenvalue weighted by Crippen LogP contribution is -2.36. The number of amides is 1. The minimum atomic E-state index is -0.641. The minimum Gasteiger partial charge on any atom is -0.379 e. The van der Waals surface area contributed by atoms with E-state index >= 15 is 0 Å². The van der Waals surface area contributed by atoms with E-state index in [4.69, 9.17) is 20.4 Å². The van der Waals surface area contributed by atoms with Gasteiger partial charge in [0.1, 0.15) is 22.5 Å². The number of rotatable bonds is 6. The zero-order valence-corrected chi connectivity index (χ0v) is 17.6. The van der Waals surface area contributed by atoms with E-state index in [1.165, 1.54) is 10.4 Å². The Morgan fingerprint density at radius 3 is 2.77 bits per heavy atom. The summed E-state index contributed by atoms with van der Waals surface area (Å²) < 4.78 is 5.46. The first-order valence-corrected chi connectivity index (χ1v) is 11.2. The lowest BCUT2D eigenvalue weighted by atomic mass is 10.1. The topological polar surface area (TPSA) is 93.4 Å². The molecule has 5 rings (SSSR count). The number of benzene rings is 1. The van der Waals surface area contributed by atoms with Crippen molar-refractivity contribution in [3.05, 3.63) is 52.2 Å². The largest absolute Gasteiger partial charge is 0.379 e. The molecular weight excluding hydrogens is 398 g/mol. The Bertz CT molecular complexity index is 1060. The monoisotopic (exact) mass is 423 g/mol. The summed E-state index contributed by atoms with van der Waals surface area (Å²) in [5.41, 5.74) is 7.93. The van der Waals surface area contributed by atoms with Crippen molar-refractivity contribution in [2.75, 3.05) is 31.6 Å². The first-order chi connectivity index (χ1) is 14.7. The Balaban J connectivity index is 1.55. The standard InChI is InChI=1S/C22H25N5O2S/c23-20(28)19(14-5-2-1-3-6-14)26-21-18-15-7-4-8-16(15)30-22(18)25-17(24-21)13-27-9-11-29-12-10-27/h1-3,5-6,19H,4,7-13H2,(H2,23,28)(H,24,25,26)/t19-/m1/s1. The van der Waals surface area contributed by atoms with Crippen LogP contribution in [0.4, 0.5) is 5.82 Å². The van der Waals surface area contributed by atoms with Crippen molar-refractivity contribution in [1.82, 2.24) is 14.9 Å². The zero-order valence-electron chi connectivity index (χ0n) is 16.8. The third-order valence-electron chi connectivity index (χ3n) is 5.78. The molecule has 0 radical (unpaired) electrons. The number of carbonyl (C=O) groups is 1. The summed E-state index contributed by atoms with van der Waals surface area (Å²) in [4.78, 5) is 26.8. The third-order valence-corrected chi connectivity index (χ3v) is 6.96. The summed E-state index contributed by atoms with van der Waals surface area (Å²) in [6, 6.07) is 8.93. The van der Waals surface area contributed by atoms with Gasteiger partial charge in [0.2, 0.25) is 5.91 Å². The molecule has 1 atom stereocenters. The number of carbonyl (C=O) groups excluding carboxylic acids is 1. The summed E-state index contributed by atoms with van der Waals surface area (Å²) in [5, 5.41) is 4.42. The zero-order chi connectivity index (χ0) is 20.5. The van der Waals surface area contributed by atoms with Gasteiger partial charge in [0.15, 0.2) is 0 Å². The molecule has 0 unspecified atom stereocenters. The maximum Gasteiger partial charge on any atom is 0.244 e. The molecule has 1 saturated heterocycles. The third kappa shape index (κ3) is 3.78. The van der Waals surface area contributed by atoms with E-state index in [0.717, 1.165) is 73.0 Å². The van der Waals surface area contributed by atoms with E-state index in [-0.39, 0.29) is 0 Å². The van der Waals surface area contributed by atoms with Gasteiger partial charge in [0, 0.05) is 18.0 Å². The molecule has 1 aliphatic heterocycles. The Morgan fingerprint density at radius 1 is 1.20 bits per heavy atom. The van der Waals surface area contributed by atoms with Crippen molar-refractivity contribution in [2.45, 2.75) is 31.8 Å². The molecule has 1 amide bonds. The van der Waals surface area contributed by atoms with Crippen molar-refractivity contribution in [1.29, 1.82) is 0 Å². The lowest BCUT2D eigenvalue weighted by Gasteiger charge is -2.26. The molecule has 8 heteroatoms. The van der Waals surface area contributed by atoms with Crippen LogP contribution in [0.25, 0.3) is 10.2 Å². The fourth-order valence-corrected chi connectivity index (χ4v) is 5.56. The number of fused-ring (bicyclic) bond motifs is 3. The second-order valence-electron chi connectivity index (χ2n) is 7.80. The highest BCUT2D eigenvalue weighted by atomic mass is 32.1. The van der Waals surface area contributed by atoms with E-state index in [1.807, 2.05) is 30.3 Å². The van der Waals surface area contributed by atoms with E-state index < -0.39 is 11.9 Å². The highest BCUT2D eigenvalue weighted by Gasteiger charge is 2.26. The van der Waals surface area contributed by atoms with Crippen LogP contribution >= 0.6 is 11.3 Å². The summed E-state index contributed by atoms with van der Waals surface area (Å²) >= 11 is 1.76. The van der Waals surface area contributed by atoms with Gasteiger partial charge in [0.05, 0.1) is 25.1 Å². The van der Waals surface area contributed by atoms with Crippen LogP contribution in [0.1, 0.15) is 34.3 Å². The van der Waals surface area contributed by atoms with E-state index in [2.05, 4.69) is 10.2 Å². The number of aryl methyl sites for hydroxylation is 2. The van der Waals surface area contributed by atoms with Crippen molar-refractivity contribution in [2.24, 2.45) is 5.73 Å². The fourth-order valence-electron chi connectivity index (χ4n) is 4.28. The summed E-state index contributed by atoms with van der Waals surface area (Å²) in [6.45, 7) is 3.89. The highest BCUT2D eigenvalue weighted by Crippen LogP contribution is 2.40. The molecule has 0 saturated carbocycles. The number of anilines is 1. The molecule has 0 spiro atoms. The molecule has 7 nitrogen and oxygen atoms in total. The van der Waals surface area contributed by atoms with Gasteiger partial charge < -0.3 is 15.8 Å². The summed E-state index contributed by atoms with van der Waals surface area (Å²) in [6.07, 6.45) is 3.28. The quantitative estimate of drug-likeness (QED) is 0.633. The number of hydrogen-bond acceptors (Lipinski definition) is 7. The molecule has 30 heavy (non-hydrogen) atoms. The van der Waals surface area contributed by atoms with Crippen molar-refractivity contribution in [3.63, 3.8) is 0 Å². The van der Waals surface area contributed by atoms with E-state index in [0.29, 0.717) is 6.54 Å². The Hall–Kier alpha value is -2.55. The van der Waals surface area contributed by atoms with Crippen LogP contribution in [-0.2, 0) is 28.9 Å². The Kier molecular flexibility index (Phi) is 5.37. The second kappa shape index (κ2) is 8.29. The van der Waals surface area contributed by atoms with Gasteiger partial charge >= 0.3 is 0 Å². The maximum absolute atomic E-state index is 12.3. The predicted molar refractivity (Wildman–Crippen MR) is 118 cm³/mol. The first kappa shape index (κ1) is 19.4. The average molecular weight is 424 g/mol. The molecule has 3 heterocycles. The van der Waals surface area contributed by atoms with Crippen LogP contribution < -0.4 is 11.1 Å². The predicted octanol–water partition coefficient (Wildman–Crippen LogP) is 2.65. The molecule has 156 valence electrons. The van der Waals surface area contributed by atoms with E-state index in [1.54, 1.807) is 11.3 Å². The molecule has 1 fully saturated rings. The van der Waals surface area contributed by atoms with Gasteiger partial charge in [-0.3, -0.25) is 9.69 Å². The van der Waals surface area contributed by atoms with Crippen LogP contribution in [-0.4, -0.2) is 47.1 Å². The lowest BCUT2D eigenvalue weighted by molar-refractivity contribution is -0.118. The van der Waals surface area contributed by atoms with Crippen LogP contribution in [0, 0.1) is 0 Å². The molecule has 3 aromatic rings.